The molecule has 1 aromatic heterocycles. The Bertz CT molecular complexity index is 1130. The van der Waals surface area contributed by atoms with Crippen LogP contribution in [0.25, 0.3) is 0 Å². The summed E-state index contributed by atoms with van der Waals surface area (Å²) in [6.07, 6.45) is -4.23. The Labute approximate surface area is 209 Å². The van der Waals surface area contributed by atoms with Gasteiger partial charge >= 0.3 is 6.18 Å². The normalized spacial score (nSPS) is 20.7. The lowest BCUT2D eigenvalue weighted by Gasteiger charge is -2.41. The lowest BCUT2D eigenvalue weighted by Crippen LogP contribution is -2.49. The number of likely N-dealkylation sites (N-methyl/N-ethyl adjacent to an activating group) is 1. The molecule has 1 fully saturated rings. The fourth-order valence-electron chi connectivity index (χ4n) is 3.80. The second-order valence-electron chi connectivity index (χ2n) is 8.10. The molecular weight excluding hydrogens is 536 g/mol. The molecule has 0 saturated heterocycles. The quantitative estimate of drug-likeness (QED) is 0.343. The van der Waals surface area contributed by atoms with Gasteiger partial charge in [0.1, 0.15) is 10.7 Å². The van der Waals surface area contributed by atoms with Crippen LogP contribution in [-0.2, 0) is 14.8 Å². The summed E-state index contributed by atoms with van der Waals surface area (Å²) in [5.74, 6) is -2.45. The van der Waals surface area contributed by atoms with Gasteiger partial charge in [0.2, 0.25) is 0 Å². The third-order valence-corrected chi connectivity index (χ3v) is 8.11. The summed E-state index contributed by atoms with van der Waals surface area (Å²) in [7, 11) is -0.908. The number of sulfonamides is 1. The number of aryl methyl sites for hydroxylation is 1. The van der Waals surface area contributed by atoms with Crippen molar-refractivity contribution in [1.29, 1.82) is 0 Å². The van der Waals surface area contributed by atoms with Gasteiger partial charge in [-0.15, -0.1) is 11.3 Å². The summed E-state index contributed by atoms with van der Waals surface area (Å²) in [4.78, 5) is 13.4. The van der Waals surface area contributed by atoms with Crippen LogP contribution < -0.4 is 10.0 Å². The second kappa shape index (κ2) is 11.7. The van der Waals surface area contributed by atoms with Crippen molar-refractivity contribution in [2.75, 3.05) is 24.1 Å². The molecule has 0 unspecified atom stereocenters. The van der Waals surface area contributed by atoms with Crippen LogP contribution in [0.4, 0.5) is 28.4 Å². The number of alkyl halides is 3. The molecule has 0 amide bonds. The van der Waals surface area contributed by atoms with Crippen LogP contribution in [0.15, 0.2) is 22.4 Å². The molecule has 1 saturated carbocycles. The third-order valence-electron chi connectivity index (χ3n) is 5.44. The maximum absolute atomic E-state index is 14.8. The molecule has 8 nitrogen and oxygen atoms in total. The summed E-state index contributed by atoms with van der Waals surface area (Å²) in [5, 5.41) is 11.6. The van der Waals surface area contributed by atoms with E-state index in [4.69, 9.17) is 21.5 Å². The first-order valence-electron chi connectivity index (χ1n) is 10.2. The van der Waals surface area contributed by atoms with Crippen LogP contribution in [-0.4, -0.2) is 62.2 Å². The van der Waals surface area contributed by atoms with Gasteiger partial charge in [-0.2, -0.15) is 13.2 Å². The summed E-state index contributed by atoms with van der Waals surface area (Å²) < 4.78 is 81.7. The zero-order valence-electron chi connectivity index (χ0n) is 18.9. The van der Waals surface area contributed by atoms with E-state index in [-0.39, 0.29) is 41.6 Å². The molecule has 0 bridgehead atoms. The van der Waals surface area contributed by atoms with E-state index in [2.05, 4.69) is 15.0 Å². The molecule has 15 heteroatoms. The van der Waals surface area contributed by atoms with Crippen molar-refractivity contribution in [3.8, 4) is 0 Å². The number of hydrogen-bond donors (Lipinski definition) is 3. The minimum absolute atomic E-state index is 0.0578. The van der Waals surface area contributed by atoms with Gasteiger partial charge in [0.05, 0.1) is 22.3 Å². The van der Waals surface area contributed by atoms with Crippen molar-refractivity contribution in [2.45, 2.75) is 49.3 Å². The minimum atomic E-state index is -4.28. The maximum Gasteiger partial charge on any atom is 0.391 e. The van der Waals surface area contributed by atoms with Crippen molar-refractivity contribution in [3.05, 3.63) is 34.0 Å². The third kappa shape index (κ3) is 7.66. The van der Waals surface area contributed by atoms with Crippen LogP contribution in [0, 0.1) is 18.7 Å². The Balaban J connectivity index is 0.00000137. The SMILES string of the molecule is Cc1csc(NS(=O)(=O)c2cc(Cl)c(N[C@H]3CC[C@H](C(F)(F)F)C[C@@H]3N(C)C)cc2F)n1.O=CO. The first-order chi connectivity index (χ1) is 16.2. The van der Waals surface area contributed by atoms with E-state index >= 15 is 0 Å². The number of aromatic nitrogens is 1. The van der Waals surface area contributed by atoms with Gasteiger partial charge in [-0.1, -0.05) is 11.6 Å². The predicted octanol–water partition coefficient (Wildman–Crippen LogP) is 4.82. The number of carbonyl (C=O) groups is 1. The van der Waals surface area contributed by atoms with Gasteiger partial charge in [-0.25, -0.2) is 17.8 Å². The van der Waals surface area contributed by atoms with Crippen LogP contribution in [0.3, 0.4) is 0 Å². The smallest absolute Gasteiger partial charge is 0.391 e. The molecule has 0 spiro atoms. The number of carboxylic acid groups (broad SMARTS) is 1. The number of nitrogens with zero attached hydrogens (tertiary/aromatic N) is 2. The van der Waals surface area contributed by atoms with Crippen molar-refractivity contribution in [3.63, 3.8) is 0 Å². The Kier molecular flexibility index (Phi) is 9.73. The first-order valence-corrected chi connectivity index (χ1v) is 12.9. The minimum Gasteiger partial charge on any atom is -0.483 e. The molecule has 1 aliphatic rings. The number of halogens is 5. The zero-order valence-corrected chi connectivity index (χ0v) is 21.3. The Morgan fingerprint density at radius 3 is 2.43 bits per heavy atom. The van der Waals surface area contributed by atoms with Crippen molar-refractivity contribution in [1.82, 2.24) is 9.88 Å². The van der Waals surface area contributed by atoms with E-state index < -0.39 is 44.9 Å². The van der Waals surface area contributed by atoms with Crippen molar-refractivity contribution in [2.24, 2.45) is 5.92 Å². The molecule has 3 N–H and O–H groups in total. The Hall–Kier alpha value is -2.16. The first kappa shape index (κ1) is 29.1. The molecule has 3 rings (SSSR count). The zero-order chi connectivity index (χ0) is 26.6. The number of rotatable bonds is 6. The molecule has 35 heavy (non-hydrogen) atoms. The lowest BCUT2D eigenvalue weighted by atomic mass is 9.81. The van der Waals surface area contributed by atoms with E-state index in [1.165, 1.54) is 0 Å². The van der Waals surface area contributed by atoms with Crippen LogP contribution in [0.5, 0.6) is 0 Å². The van der Waals surface area contributed by atoms with Gasteiger partial charge in [0.25, 0.3) is 16.5 Å². The summed E-state index contributed by atoms with van der Waals surface area (Å²) in [6, 6.07) is 1.05. The summed E-state index contributed by atoms with van der Waals surface area (Å²) in [6.45, 7) is 1.44. The van der Waals surface area contributed by atoms with Gasteiger partial charge in [0, 0.05) is 17.5 Å². The van der Waals surface area contributed by atoms with Gasteiger partial charge in [-0.3, -0.25) is 9.52 Å². The molecule has 0 aliphatic heterocycles. The fraction of sp³-hybridized carbons (Fsp3) is 0.500. The largest absolute Gasteiger partial charge is 0.483 e. The Morgan fingerprint density at radius 1 is 1.29 bits per heavy atom. The number of benzene rings is 1. The topological polar surface area (TPSA) is 112 Å². The Morgan fingerprint density at radius 2 is 1.91 bits per heavy atom. The molecule has 2 aromatic rings. The molecule has 1 aromatic carbocycles. The highest BCUT2D eigenvalue weighted by atomic mass is 35.5. The number of thiazole rings is 1. The van der Waals surface area contributed by atoms with E-state index in [0.717, 1.165) is 23.5 Å². The highest BCUT2D eigenvalue weighted by Crippen LogP contribution is 2.40. The van der Waals surface area contributed by atoms with E-state index in [1.807, 2.05) is 0 Å². The molecule has 1 heterocycles. The summed E-state index contributed by atoms with van der Waals surface area (Å²) in [5.41, 5.74) is 0.733. The van der Waals surface area contributed by atoms with E-state index in [0.29, 0.717) is 5.69 Å². The van der Waals surface area contributed by atoms with Gasteiger partial charge in [-0.05, 0) is 52.4 Å². The highest BCUT2D eigenvalue weighted by molar-refractivity contribution is 7.93. The fourth-order valence-corrected chi connectivity index (χ4v) is 6.11. The standard InChI is InChI=1S/C19H23ClF4N4O2S2.CH2O2/c1-10-9-31-18(25-10)27-32(29,30)17-7-12(20)15(8-13(17)21)26-14-5-4-11(19(22,23)24)6-16(14)28(2)3;2-1-3/h7-9,11,14,16,26H,4-6H2,1-3H3,(H,25,27);1H,(H,2,3)/t11-,14-,16-;/m0./s1. The lowest BCUT2D eigenvalue weighted by molar-refractivity contribution is -0.186. The van der Waals surface area contributed by atoms with Crippen molar-refractivity contribution < 1.29 is 35.9 Å². The van der Waals surface area contributed by atoms with Crippen LogP contribution in [0.2, 0.25) is 5.02 Å². The predicted molar refractivity (Wildman–Crippen MR) is 126 cm³/mol. The molecule has 0 radical (unpaired) electrons. The molecule has 3 atom stereocenters. The molecule has 196 valence electrons. The average molecular weight is 561 g/mol. The highest BCUT2D eigenvalue weighted by Gasteiger charge is 2.45. The number of hydrogen-bond acceptors (Lipinski definition) is 7. The van der Waals surface area contributed by atoms with Crippen molar-refractivity contribution >= 4 is 50.3 Å². The molecule has 1 aliphatic carbocycles. The van der Waals surface area contributed by atoms with E-state index in [1.54, 1.807) is 31.3 Å². The number of anilines is 2. The van der Waals surface area contributed by atoms with E-state index in [9.17, 15) is 26.0 Å². The summed E-state index contributed by atoms with van der Waals surface area (Å²) >= 11 is 7.29. The van der Waals surface area contributed by atoms with Crippen LogP contribution >= 0.6 is 22.9 Å². The molecular formula is C20H25ClF4N4O4S2. The van der Waals surface area contributed by atoms with Gasteiger partial charge in [0.15, 0.2) is 5.13 Å². The second-order valence-corrected chi connectivity index (χ2v) is 11.0. The number of nitrogens with one attached hydrogen (secondary N) is 2. The monoisotopic (exact) mass is 560 g/mol. The van der Waals surface area contributed by atoms with Gasteiger partial charge < -0.3 is 15.3 Å². The average Bonchev–Trinajstić information content (AvgIpc) is 3.14. The maximum atomic E-state index is 14.8. The van der Waals surface area contributed by atoms with Crippen LogP contribution in [0.1, 0.15) is 25.0 Å².